The van der Waals surface area contributed by atoms with Crippen molar-refractivity contribution < 1.29 is 18.8 Å². The van der Waals surface area contributed by atoms with E-state index in [2.05, 4.69) is 21.2 Å². The van der Waals surface area contributed by atoms with E-state index in [-0.39, 0.29) is 23.8 Å². The molecule has 1 saturated heterocycles. The number of carbonyl (C=O) groups is 1. The van der Waals surface area contributed by atoms with Crippen LogP contribution in [0.2, 0.25) is 0 Å². The quantitative estimate of drug-likeness (QED) is 0.732. The van der Waals surface area contributed by atoms with Crippen LogP contribution in [-0.4, -0.2) is 37.7 Å². The number of nitrogens with one attached hydrogen (secondary N) is 2. The van der Waals surface area contributed by atoms with Crippen molar-refractivity contribution in [2.45, 2.75) is 56.9 Å². The van der Waals surface area contributed by atoms with Gasteiger partial charge in [0.15, 0.2) is 18.2 Å². The standard InChI is InChI=1S/C20H28BrFN2O2/c21-16-7-8-18(17(22)13-16)26-14-19(25)23-15-20(9-3-1-4-10-20)24-11-5-2-6-12-24/h7-8,13H,1-6,9-12,14-15H2,(H,23,25)/p+1. The molecule has 0 bridgehead atoms. The lowest BCUT2D eigenvalue weighted by Crippen LogP contribution is -3.22. The van der Waals surface area contributed by atoms with E-state index in [1.165, 1.54) is 76.6 Å². The largest absolute Gasteiger partial charge is 0.481 e. The molecule has 1 amide bonds. The van der Waals surface area contributed by atoms with Gasteiger partial charge in [0.1, 0.15) is 5.54 Å². The first kappa shape index (κ1) is 19.6. The van der Waals surface area contributed by atoms with Crippen LogP contribution in [0.3, 0.4) is 0 Å². The molecule has 1 aliphatic heterocycles. The molecule has 6 heteroatoms. The number of hydrogen-bond donors (Lipinski definition) is 2. The molecule has 1 aromatic rings. The van der Waals surface area contributed by atoms with Gasteiger partial charge in [-0.05, 0) is 50.3 Å². The maximum atomic E-state index is 13.8. The SMILES string of the molecule is O=C(COc1ccc(Br)cc1F)NCC1([NH+]2CCCCC2)CCCCC1. The third-order valence-corrected chi connectivity index (χ3v) is 6.39. The average Bonchev–Trinajstić information content (AvgIpc) is 2.67. The van der Waals surface area contributed by atoms with Crippen LogP contribution < -0.4 is 15.0 Å². The second-order valence-electron chi connectivity index (χ2n) is 7.65. The van der Waals surface area contributed by atoms with E-state index in [1.807, 2.05) is 0 Å². The lowest BCUT2D eigenvalue weighted by atomic mass is 9.79. The zero-order valence-corrected chi connectivity index (χ0v) is 16.9. The third kappa shape index (κ3) is 4.97. The summed E-state index contributed by atoms with van der Waals surface area (Å²) in [5.41, 5.74) is 0.178. The predicted octanol–water partition coefficient (Wildman–Crippen LogP) is 2.85. The summed E-state index contributed by atoms with van der Waals surface area (Å²) >= 11 is 3.21. The van der Waals surface area contributed by atoms with Gasteiger partial charge in [0.05, 0.1) is 19.6 Å². The molecule has 1 aliphatic carbocycles. The van der Waals surface area contributed by atoms with Crippen molar-refractivity contribution >= 4 is 21.8 Å². The summed E-state index contributed by atoms with van der Waals surface area (Å²) in [5.74, 6) is -0.528. The number of piperidine rings is 1. The molecule has 2 aliphatic rings. The van der Waals surface area contributed by atoms with Crippen molar-refractivity contribution in [3.8, 4) is 5.75 Å². The summed E-state index contributed by atoms with van der Waals surface area (Å²) in [6.45, 7) is 2.99. The van der Waals surface area contributed by atoms with Gasteiger partial charge in [0.2, 0.25) is 0 Å². The molecule has 26 heavy (non-hydrogen) atoms. The number of halogens is 2. The number of quaternary nitrogens is 1. The molecule has 144 valence electrons. The molecule has 2 fully saturated rings. The second kappa shape index (κ2) is 9.18. The lowest BCUT2D eigenvalue weighted by molar-refractivity contribution is -0.957. The van der Waals surface area contributed by atoms with Gasteiger partial charge in [-0.1, -0.05) is 22.4 Å². The van der Waals surface area contributed by atoms with Crippen LogP contribution in [0, 0.1) is 5.82 Å². The maximum Gasteiger partial charge on any atom is 0.258 e. The molecule has 1 aromatic carbocycles. The monoisotopic (exact) mass is 427 g/mol. The number of rotatable bonds is 6. The Morgan fingerprint density at radius 3 is 2.54 bits per heavy atom. The Balaban J connectivity index is 1.53. The lowest BCUT2D eigenvalue weighted by Gasteiger charge is -2.45. The van der Waals surface area contributed by atoms with Crippen LogP contribution >= 0.6 is 15.9 Å². The van der Waals surface area contributed by atoms with Gasteiger partial charge in [-0.15, -0.1) is 0 Å². The topological polar surface area (TPSA) is 42.8 Å². The Labute approximate surface area is 163 Å². The highest BCUT2D eigenvalue weighted by atomic mass is 79.9. The van der Waals surface area contributed by atoms with Crippen molar-refractivity contribution in [1.82, 2.24) is 5.32 Å². The highest BCUT2D eigenvalue weighted by Crippen LogP contribution is 2.26. The van der Waals surface area contributed by atoms with Gasteiger partial charge in [-0.25, -0.2) is 4.39 Å². The molecule has 0 aromatic heterocycles. The van der Waals surface area contributed by atoms with Crippen molar-refractivity contribution in [3.05, 3.63) is 28.5 Å². The molecule has 1 heterocycles. The van der Waals surface area contributed by atoms with E-state index in [4.69, 9.17) is 4.74 Å². The summed E-state index contributed by atoms with van der Waals surface area (Å²) < 4.78 is 19.8. The van der Waals surface area contributed by atoms with Crippen molar-refractivity contribution in [1.29, 1.82) is 0 Å². The number of hydrogen-bond acceptors (Lipinski definition) is 2. The highest BCUT2D eigenvalue weighted by molar-refractivity contribution is 9.10. The Bertz CT molecular complexity index is 614. The molecule has 2 N–H and O–H groups in total. The van der Waals surface area contributed by atoms with Crippen molar-refractivity contribution in [2.75, 3.05) is 26.2 Å². The average molecular weight is 428 g/mol. The van der Waals surface area contributed by atoms with Gasteiger partial charge in [-0.2, -0.15) is 0 Å². The highest BCUT2D eigenvalue weighted by Gasteiger charge is 2.42. The molecule has 3 rings (SSSR count). The van der Waals surface area contributed by atoms with Gasteiger partial charge >= 0.3 is 0 Å². The Kier molecular flexibility index (Phi) is 6.92. The first-order chi connectivity index (χ1) is 12.6. The number of ether oxygens (including phenoxy) is 1. The van der Waals surface area contributed by atoms with Crippen molar-refractivity contribution in [2.24, 2.45) is 0 Å². The molecular formula is C20H29BrFN2O2+. The molecule has 0 spiro atoms. The molecular weight excluding hydrogens is 399 g/mol. The van der Waals surface area contributed by atoms with Gasteiger partial charge in [0, 0.05) is 17.3 Å². The summed E-state index contributed by atoms with van der Waals surface area (Å²) in [7, 11) is 0. The van der Waals surface area contributed by atoms with E-state index >= 15 is 0 Å². The summed E-state index contributed by atoms with van der Waals surface area (Å²) in [5, 5.41) is 3.08. The fourth-order valence-electron chi connectivity index (χ4n) is 4.45. The van der Waals surface area contributed by atoms with E-state index in [9.17, 15) is 9.18 Å². The first-order valence-corrected chi connectivity index (χ1v) is 10.6. The number of carbonyl (C=O) groups excluding carboxylic acids is 1. The molecule has 4 nitrogen and oxygen atoms in total. The van der Waals surface area contributed by atoms with E-state index in [0.717, 1.165) is 0 Å². The fraction of sp³-hybridized carbons (Fsp3) is 0.650. The zero-order valence-electron chi connectivity index (χ0n) is 15.3. The number of likely N-dealkylation sites (tertiary alicyclic amines) is 1. The maximum absolute atomic E-state index is 13.8. The van der Waals surface area contributed by atoms with Crippen LogP contribution in [0.4, 0.5) is 4.39 Å². The van der Waals surface area contributed by atoms with Crippen molar-refractivity contribution in [3.63, 3.8) is 0 Å². The third-order valence-electron chi connectivity index (χ3n) is 5.89. The Hall–Kier alpha value is -1.14. The Morgan fingerprint density at radius 2 is 1.85 bits per heavy atom. The van der Waals surface area contributed by atoms with Gasteiger partial charge < -0.3 is 15.0 Å². The van der Waals surface area contributed by atoms with Crippen LogP contribution in [0.25, 0.3) is 0 Å². The van der Waals surface area contributed by atoms with Crippen LogP contribution in [0.5, 0.6) is 5.75 Å². The minimum Gasteiger partial charge on any atom is -0.481 e. The molecule has 0 unspecified atom stereocenters. The van der Waals surface area contributed by atoms with Crippen LogP contribution in [0.1, 0.15) is 51.4 Å². The van der Waals surface area contributed by atoms with E-state index in [1.54, 1.807) is 11.0 Å². The molecule has 1 saturated carbocycles. The minimum absolute atomic E-state index is 0.109. The Morgan fingerprint density at radius 1 is 1.15 bits per heavy atom. The minimum atomic E-state index is -0.464. The zero-order chi connectivity index (χ0) is 18.4. The summed E-state index contributed by atoms with van der Waals surface area (Å²) in [6.07, 6.45) is 10.1. The van der Waals surface area contributed by atoms with Gasteiger partial charge in [0.25, 0.3) is 5.91 Å². The second-order valence-corrected chi connectivity index (χ2v) is 8.56. The number of benzene rings is 1. The molecule has 0 atom stereocenters. The van der Waals surface area contributed by atoms with E-state index < -0.39 is 5.82 Å². The van der Waals surface area contributed by atoms with Crippen LogP contribution in [-0.2, 0) is 4.79 Å². The smallest absolute Gasteiger partial charge is 0.258 e. The molecule has 0 radical (unpaired) electrons. The summed E-state index contributed by atoms with van der Waals surface area (Å²) in [6, 6.07) is 4.57. The first-order valence-electron chi connectivity index (χ1n) is 9.79. The van der Waals surface area contributed by atoms with Crippen LogP contribution in [0.15, 0.2) is 22.7 Å². The normalized spacial score (nSPS) is 20.5. The summed E-state index contributed by atoms with van der Waals surface area (Å²) in [4.78, 5) is 14.0. The van der Waals surface area contributed by atoms with E-state index in [0.29, 0.717) is 11.0 Å². The fourth-order valence-corrected chi connectivity index (χ4v) is 4.78. The number of amides is 1. The predicted molar refractivity (Wildman–Crippen MR) is 103 cm³/mol. The van der Waals surface area contributed by atoms with Gasteiger partial charge in [-0.3, -0.25) is 4.79 Å².